The maximum absolute atomic E-state index is 10.4. The van der Waals surface area contributed by atoms with E-state index in [1.54, 1.807) is 0 Å². The van der Waals surface area contributed by atoms with E-state index in [1.807, 2.05) is 42.9 Å². The smallest absolute Gasteiger partial charge is 0.161 e. The number of fused-ring (bicyclic) bond motifs is 1. The van der Waals surface area contributed by atoms with E-state index >= 15 is 0 Å². The lowest BCUT2D eigenvalue weighted by Gasteiger charge is -2.14. The van der Waals surface area contributed by atoms with Crippen molar-refractivity contribution in [2.45, 2.75) is 25.9 Å². The zero-order valence-corrected chi connectivity index (χ0v) is 12.4. The molecule has 21 heavy (non-hydrogen) atoms. The normalized spacial score (nSPS) is 15.6. The van der Waals surface area contributed by atoms with Crippen LogP contribution in [0.4, 0.5) is 0 Å². The minimum atomic E-state index is -0.586. The highest BCUT2D eigenvalue weighted by molar-refractivity contribution is 5.44. The minimum absolute atomic E-state index is 0.525. The van der Waals surface area contributed by atoms with Gasteiger partial charge in [0.2, 0.25) is 0 Å². The van der Waals surface area contributed by atoms with Gasteiger partial charge in [-0.25, -0.2) is 0 Å². The minimum Gasteiger partial charge on any atom is -0.490 e. The third-order valence-electron chi connectivity index (χ3n) is 3.66. The average Bonchev–Trinajstić information content (AvgIpc) is 2.67. The van der Waals surface area contributed by atoms with Crippen LogP contribution in [0.15, 0.2) is 24.3 Å². The van der Waals surface area contributed by atoms with Gasteiger partial charge in [0, 0.05) is 25.6 Å². The van der Waals surface area contributed by atoms with Crippen LogP contribution in [0.5, 0.6) is 11.5 Å². The van der Waals surface area contributed by atoms with E-state index in [-0.39, 0.29) is 0 Å². The summed E-state index contributed by atoms with van der Waals surface area (Å²) in [6.45, 7) is 3.26. The van der Waals surface area contributed by atoms with Crippen molar-refractivity contribution in [1.82, 2.24) is 9.78 Å². The molecule has 1 atom stereocenters. The lowest BCUT2D eigenvalue weighted by Crippen LogP contribution is -2.07. The first-order chi connectivity index (χ1) is 10.1. The Balaban J connectivity index is 1.80. The van der Waals surface area contributed by atoms with Gasteiger partial charge in [-0.1, -0.05) is 6.07 Å². The molecule has 0 saturated heterocycles. The summed E-state index contributed by atoms with van der Waals surface area (Å²) >= 11 is 0. The Labute approximate surface area is 124 Å². The highest BCUT2D eigenvalue weighted by Crippen LogP contribution is 2.33. The molecule has 112 valence electrons. The van der Waals surface area contributed by atoms with Crippen molar-refractivity contribution in [3.8, 4) is 11.5 Å². The number of aryl methyl sites for hydroxylation is 2. The highest BCUT2D eigenvalue weighted by Gasteiger charge is 2.16. The Bertz CT molecular complexity index is 636. The fraction of sp³-hybridized carbons (Fsp3) is 0.438. The number of benzene rings is 1. The summed E-state index contributed by atoms with van der Waals surface area (Å²) in [5.74, 6) is 1.46. The maximum atomic E-state index is 10.4. The summed E-state index contributed by atoms with van der Waals surface area (Å²) in [6.07, 6.45) is 0.814. The van der Waals surface area contributed by atoms with Crippen molar-refractivity contribution in [1.29, 1.82) is 0 Å². The first kappa shape index (κ1) is 13.9. The van der Waals surface area contributed by atoms with Gasteiger partial charge in [-0.15, -0.1) is 0 Å². The molecule has 5 heteroatoms. The molecule has 0 bridgehead atoms. The fourth-order valence-electron chi connectivity index (χ4n) is 2.56. The monoisotopic (exact) mass is 288 g/mol. The van der Waals surface area contributed by atoms with E-state index in [0.29, 0.717) is 25.4 Å². The number of aromatic nitrogens is 2. The summed E-state index contributed by atoms with van der Waals surface area (Å²) < 4.78 is 13.1. The summed E-state index contributed by atoms with van der Waals surface area (Å²) in [5.41, 5.74) is 2.79. The number of rotatable bonds is 3. The van der Waals surface area contributed by atoms with Crippen molar-refractivity contribution in [2.75, 3.05) is 13.2 Å². The molecule has 2 heterocycles. The van der Waals surface area contributed by atoms with E-state index in [9.17, 15) is 5.11 Å². The van der Waals surface area contributed by atoms with Gasteiger partial charge in [0.05, 0.1) is 25.0 Å². The highest BCUT2D eigenvalue weighted by atomic mass is 16.5. The van der Waals surface area contributed by atoms with Crippen LogP contribution in [0.1, 0.15) is 29.5 Å². The molecule has 1 aromatic carbocycles. The van der Waals surface area contributed by atoms with Crippen LogP contribution in [0.25, 0.3) is 0 Å². The van der Waals surface area contributed by atoms with E-state index in [2.05, 4.69) is 5.10 Å². The first-order valence-corrected chi connectivity index (χ1v) is 7.20. The van der Waals surface area contributed by atoms with Crippen LogP contribution in [0, 0.1) is 6.92 Å². The molecule has 0 amide bonds. The van der Waals surface area contributed by atoms with E-state index in [4.69, 9.17) is 9.47 Å². The Morgan fingerprint density at radius 3 is 2.71 bits per heavy atom. The van der Waals surface area contributed by atoms with Gasteiger partial charge in [0.15, 0.2) is 11.5 Å². The molecule has 1 N–H and O–H groups in total. The Hall–Kier alpha value is -2.01. The molecule has 1 aromatic heterocycles. The van der Waals surface area contributed by atoms with Crippen LogP contribution in [0.3, 0.4) is 0 Å². The third-order valence-corrected chi connectivity index (χ3v) is 3.66. The molecule has 0 radical (unpaired) electrons. The van der Waals surface area contributed by atoms with Gasteiger partial charge < -0.3 is 14.6 Å². The molecular formula is C16H20N2O3. The van der Waals surface area contributed by atoms with Gasteiger partial charge in [-0.3, -0.25) is 4.68 Å². The van der Waals surface area contributed by atoms with Crippen molar-refractivity contribution in [3.05, 3.63) is 41.2 Å². The second-order valence-corrected chi connectivity index (χ2v) is 5.38. The lowest BCUT2D eigenvalue weighted by atomic mass is 10.0. The second kappa shape index (κ2) is 5.77. The molecule has 1 aliphatic rings. The van der Waals surface area contributed by atoms with Gasteiger partial charge in [-0.2, -0.15) is 5.10 Å². The number of nitrogens with zero attached hydrogens (tertiary/aromatic N) is 2. The molecule has 0 fully saturated rings. The van der Waals surface area contributed by atoms with Gasteiger partial charge in [0.1, 0.15) is 0 Å². The van der Waals surface area contributed by atoms with E-state index < -0.39 is 6.10 Å². The molecule has 3 rings (SSSR count). The predicted molar refractivity (Wildman–Crippen MR) is 78.7 cm³/mol. The van der Waals surface area contributed by atoms with Gasteiger partial charge in [0.25, 0.3) is 0 Å². The Kier molecular flexibility index (Phi) is 3.84. The first-order valence-electron chi connectivity index (χ1n) is 7.20. The van der Waals surface area contributed by atoms with Crippen molar-refractivity contribution in [3.63, 3.8) is 0 Å². The van der Waals surface area contributed by atoms with Crippen LogP contribution < -0.4 is 9.47 Å². The average molecular weight is 288 g/mol. The molecule has 5 nitrogen and oxygen atoms in total. The van der Waals surface area contributed by atoms with E-state index in [0.717, 1.165) is 29.1 Å². The number of aliphatic hydroxyl groups excluding tert-OH is 1. The Morgan fingerprint density at radius 1 is 1.24 bits per heavy atom. The summed E-state index contributed by atoms with van der Waals surface area (Å²) in [4.78, 5) is 0. The lowest BCUT2D eigenvalue weighted by molar-refractivity contribution is 0.175. The van der Waals surface area contributed by atoms with Crippen LogP contribution >= 0.6 is 0 Å². The molecule has 0 spiro atoms. The number of ether oxygens (including phenoxy) is 2. The molecule has 1 unspecified atom stereocenters. The van der Waals surface area contributed by atoms with Crippen molar-refractivity contribution < 1.29 is 14.6 Å². The van der Waals surface area contributed by atoms with Crippen LogP contribution in [0.2, 0.25) is 0 Å². The fourth-order valence-corrected chi connectivity index (χ4v) is 2.56. The second-order valence-electron chi connectivity index (χ2n) is 5.38. The standard InChI is InChI=1S/C16H20N2O3/c1-11-8-13(18(2)17-11)10-14(19)12-4-5-15-16(9-12)21-7-3-6-20-15/h4-5,8-9,14,19H,3,6-7,10H2,1-2H3. The zero-order valence-electron chi connectivity index (χ0n) is 12.4. The Morgan fingerprint density at radius 2 is 2.00 bits per heavy atom. The van der Waals surface area contributed by atoms with E-state index in [1.165, 1.54) is 0 Å². The van der Waals surface area contributed by atoms with Gasteiger partial charge in [-0.05, 0) is 30.7 Å². The largest absolute Gasteiger partial charge is 0.490 e. The van der Waals surface area contributed by atoms with Crippen LogP contribution in [-0.2, 0) is 13.5 Å². The predicted octanol–water partition coefficient (Wildman–Crippen LogP) is 2.17. The number of hydrogen-bond donors (Lipinski definition) is 1. The van der Waals surface area contributed by atoms with Crippen molar-refractivity contribution >= 4 is 0 Å². The molecule has 1 aliphatic heterocycles. The molecule has 0 aliphatic carbocycles. The number of hydrogen-bond acceptors (Lipinski definition) is 4. The number of aliphatic hydroxyl groups is 1. The SMILES string of the molecule is Cc1cc(CC(O)c2ccc3c(c2)OCCCO3)n(C)n1. The summed E-state index contributed by atoms with van der Waals surface area (Å²) in [7, 11) is 1.89. The van der Waals surface area contributed by atoms with Gasteiger partial charge >= 0.3 is 0 Å². The summed E-state index contributed by atoms with van der Waals surface area (Å²) in [5, 5.41) is 14.7. The maximum Gasteiger partial charge on any atom is 0.161 e. The topological polar surface area (TPSA) is 56.5 Å². The summed E-state index contributed by atoms with van der Waals surface area (Å²) in [6, 6.07) is 7.62. The third kappa shape index (κ3) is 3.03. The zero-order chi connectivity index (χ0) is 14.8. The molecule has 2 aromatic rings. The van der Waals surface area contributed by atoms with Crippen molar-refractivity contribution in [2.24, 2.45) is 7.05 Å². The quantitative estimate of drug-likeness (QED) is 0.940. The van der Waals surface area contributed by atoms with Crippen LogP contribution in [-0.4, -0.2) is 28.1 Å². The molecular weight excluding hydrogens is 268 g/mol. The molecule has 0 saturated carbocycles.